The molecular weight excluding hydrogens is 802 g/mol. The molecule has 3 heterocycles. The van der Waals surface area contributed by atoms with Crippen LogP contribution < -0.4 is 14.4 Å². The number of hydrogen-bond donors (Lipinski definition) is 2. The van der Waals surface area contributed by atoms with Crippen molar-refractivity contribution < 1.29 is 17.9 Å². The molecule has 0 spiro atoms. The quantitative estimate of drug-likeness (QED) is 0.149. The maximum Gasteiger partial charge on any atom is 0.268 e. The van der Waals surface area contributed by atoms with Crippen molar-refractivity contribution in [1.82, 2.24) is 19.6 Å². The first-order valence-electron chi connectivity index (χ1n) is 21.2. The van der Waals surface area contributed by atoms with Crippen LogP contribution in [0.1, 0.15) is 101 Å². The number of anilines is 1. The molecule has 1 amide bonds. The zero-order chi connectivity index (χ0) is 44.6. The van der Waals surface area contributed by atoms with Crippen molar-refractivity contribution in [1.29, 1.82) is 0 Å². The van der Waals surface area contributed by atoms with E-state index in [1.807, 2.05) is 106 Å². The van der Waals surface area contributed by atoms with E-state index in [4.69, 9.17) is 16.3 Å². The Kier molecular flexibility index (Phi) is 21.3. The number of carbonyl (C=O) groups excluding carboxylic acids is 1. The minimum atomic E-state index is -4.20. The maximum absolute atomic E-state index is 13.8. The van der Waals surface area contributed by atoms with Gasteiger partial charge >= 0.3 is 0 Å². The molecule has 7 rings (SSSR count). The second-order valence-electron chi connectivity index (χ2n) is 13.3. The predicted molar refractivity (Wildman–Crippen MR) is 259 cm³/mol. The van der Waals surface area contributed by atoms with Gasteiger partial charge in [-0.05, 0) is 103 Å². The number of benzene rings is 4. The maximum atomic E-state index is 13.8. The summed E-state index contributed by atoms with van der Waals surface area (Å²) in [6, 6.07) is 27.2. The van der Waals surface area contributed by atoms with Gasteiger partial charge in [-0.15, -0.1) is 0 Å². The minimum absolute atomic E-state index is 0. The summed E-state index contributed by atoms with van der Waals surface area (Å²) in [6.07, 6.45) is 3.37. The fraction of sp³-hybridized carbons (Fsp3) is 0.360. The van der Waals surface area contributed by atoms with Crippen LogP contribution in [0.15, 0.2) is 102 Å². The summed E-state index contributed by atoms with van der Waals surface area (Å²) in [6.45, 7) is 27.3. The summed E-state index contributed by atoms with van der Waals surface area (Å²) in [7, 11) is -4.20. The van der Waals surface area contributed by atoms with Gasteiger partial charge < -0.3 is 14.6 Å². The number of aromatic amines is 1. The highest BCUT2D eigenvalue weighted by molar-refractivity contribution is 7.90. The lowest BCUT2D eigenvalue weighted by Crippen LogP contribution is -2.46. The number of pyridine rings is 1. The van der Waals surface area contributed by atoms with Gasteiger partial charge in [-0.25, -0.2) is 18.1 Å². The van der Waals surface area contributed by atoms with Crippen molar-refractivity contribution in [2.24, 2.45) is 0 Å². The first-order valence-corrected chi connectivity index (χ1v) is 23.0. The molecule has 6 aromatic rings. The fourth-order valence-electron chi connectivity index (χ4n) is 6.96. The number of fused-ring (bicyclic) bond motifs is 1. The van der Waals surface area contributed by atoms with E-state index < -0.39 is 15.9 Å². The van der Waals surface area contributed by atoms with Gasteiger partial charge in [-0.2, -0.15) is 0 Å². The number of nitrogens with zero attached hydrogens (tertiary/aromatic N) is 3. The molecule has 0 atom stereocenters. The van der Waals surface area contributed by atoms with Crippen LogP contribution in [0, 0.1) is 27.7 Å². The Balaban J connectivity index is 0.00000135. The van der Waals surface area contributed by atoms with Gasteiger partial charge in [0.05, 0.1) is 16.7 Å². The third-order valence-corrected chi connectivity index (χ3v) is 11.8. The Labute approximate surface area is 371 Å². The molecule has 0 unspecified atom stereocenters. The third-order valence-electron chi connectivity index (χ3n) is 9.90. The molecular formula is C50H68ClN5O4S. The lowest BCUT2D eigenvalue weighted by Gasteiger charge is -2.36. The van der Waals surface area contributed by atoms with Crippen molar-refractivity contribution in [2.75, 3.05) is 31.1 Å². The number of H-pyrrole nitrogens is 1. The van der Waals surface area contributed by atoms with E-state index in [1.54, 1.807) is 38.4 Å². The number of aromatic nitrogens is 2. The first kappa shape index (κ1) is 52.0. The van der Waals surface area contributed by atoms with E-state index in [9.17, 15) is 13.2 Å². The summed E-state index contributed by atoms with van der Waals surface area (Å²) in [5.41, 5.74) is 8.28. The molecule has 1 aliphatic rings. The Hall–Kier alpha value is -5.16. The van der Waals surface area contributed by atoms with Gasteiger partial charge in [0.25, 0.3) is 15.9 Å². The van der Waals surface area contributed by atoms with Gasteiger partial charge in [0.15, 0.2) is 0 Å². The standard InChI is InChI=1S/C41H40ClN5O4S.4C2H6.CH4/c1-26-21-27(2)39(29(4)28(26)3)52(49,50)45-41(48)37-14-13-34(23-38(37)51-35-22-31-15-16-43-40(31)44-24-35)47-19-17-46(18-20-47)25-32-7-5-6-8-36(32)30-9-11-33(42)12-10-30;4*1-2;/h5-16,21-24H,17-20,25H2,1-4H3,(H,43,44)(H,45,48);4*1-2H3;1H4. The van der Waals surface area contributed by atoms with Crippen LogP contribution in [0.2, 0.25) is 5.02 Å². The van der Waals surface area contributed by atoms with Gasteiger partial charge in [0, 0.05) is 61.1 Å². The molecule has 2 aromatic heterocycles. The number of rotatable bonds is 9. The average Bonchev–Trinajstić information content (AvgIpc) is 3.74. The van der Waals surface area contributed by atoms with Gasteiger partial charge in [-0.1, -0.05) is 117 Å². The highest BCUT2D eigenvalue weighted by Gasteiger charge is 2.27. The van der Waals surface area contributed by atoms with E-state index in [0.717, 1.165) is 60.5 Å². The van der Waals surface area contributed by atoms with Gasteiger partial charge in [0.1, 0.15) is 17.1 Å². The molecule has 0 bridgehead atoms. The number of aryl methyl sites for hydroxylation is 2. The molecule has 1 fully saturated rings. The van der Waals surface area contributed by atoms with Crippen LogP contribution in [0.5, 0.6) is 11.5 Å². The normalized spacial score (nSPS) is 12.1. The second-order valence-corrected chi connectivity index (χ2v) is 15.4. The molecule has 9 nitrogen and oxygen atoms in total. The van der Waals surface area contributed by atoms with Crippen molar-refractivity contribution in [2.45, 2.75) is 102 Å². The van der Waals surface area contributed by atoms with E-state index in [2.05, 4.69) is 60.9 Å². The van der Waals surface area contributed by atoms with Crippen LogP contribution in [-0.2, 0) is 16.6 Å². The minimum Gasteiger partial charge on any atom is -0.455 e. The Morgan fingerprint density at radius 2 is 1.43 bits per heavy atom. The number of carbonyl (C=O) groups is 1. The van der Waals surface area contributed by atoms with E-state index in [-0.39, 0.29) is 23.6 Å². The molecule has 11 heteroatoms. The van der Waals surface area contributed by atoms with Crippen LogP contribution in [0.3, 0.4) is 0 Å². The molecule has 4 aromatic carbocycles. The lowest BCUT2D eigenvalue weighted by molar-refractivity contribution is 0.0979. The predicted octanol–water partition coefficient (Wildman–Crippen LogP) is 13.1. The molecule has 2 N–H and O–H groups in total. The van der Waals surface area contributed by atoms with Crippen molar-refractivity contribution in [3.05, 3.63) is 136 Å². The number of piperazine rings is 1. The molecule has 1 aliphatic heterocycles. The number of hydrogen-bond acceptors (Lipinski definition) is 7. The second kappa shape index (κ2) is 24.9. The van der Waals surface area contributed by atoms with Gasteiger partial charge in [0.2, 0.25) is 0 Å². The highest BCUT2D eigenvalue weighted by Crippen LogP contribution is 2.33. The Morgan fingerprint density at radius 1 is 0.787 bits per heavy atom. The third kappa shape index (κ3) is 12.9. The summed E-state index contributed by atoms with van der Waals surface area (Å²) in [5.74, 6) is -0.126. The number of sulfonamides is 1. The van der Waals surface area contributed by atoms with E-state index >= 15 is 0 Å². The number of halogens is 1. The fourth-order valence-corrected chi connectivity index (χ4v) is 8.58. The lowest BCUT2D eigenvalue weighted by atomic mass is 9.99. The topological polar surface area (TPSA) is 108 Å². The first-order chi connectivity index (χ1) is 29.0. The number of nitrogens with one attached hydrogen (secondary N) is 2. The molecule has 0 radical (unpaired) electrons. The Bertz CT molecular complexity index is 2400. The summed E-state index contributed by atoms with van der Waals surface area (Å²) >= 11 is 6.15. The van der Waals surface area contributed by atoms with Crippen LogP contribution in [0.25, 0.3) is 22.2 Å². The van der Waals surface area contributed by atoms with E-state index in [0.29, 0.717) is 27.5 Å². The van der Waals surface area contributed by atoms with Crippen molar-refractivity contribution in [3.8, 4) is 22.6 Å². The summed E-state index contributed by atoms with van der Waals surface area (Å²) < 4.78 is 36.0. The van der Waals surface area contributed by atoms with Crippen molar-refractivity contribution >= 4 is 44.3 Å². The molecule has 0 saturated carbocycles. The average molecular weight is 871 g/mol. The zero-order valence-electron chi connectivity index (χ0n) is 37.5. The monoisotopic (exact) mass is 869 g/mol. The summed E-state index contributed by atoms with van der Waals surface area (Å²) in [5, 5.41) is 1.56. The Morgan fingerprint density at radius 3 is 2.08 bits per heavy atom. The smallest absolute Gasteiger partial charge is 0.268 e. The summed E-state index contributed by atoms with van der Waals surface area (Å²) in [4.78, 5) is 26.1. The largest absolute Gasteiger partial charge is 0.455 e. The molecule has 330 valence electrons. The van der Waals surface area contributed by atoms with Crippen molar-refractivity contribution in [3.63, 3.8) is 0 Å². The number of amides is 1. The SMILES string of the molecule is C.CC.CC.CC.CC.Cc1cc(C)c(S(=O)(=O)NC(=O)c2ccc(N3CCN(Cc4ccccc4-c4ccc(Cl)cc4)CC3)cc2Oc2cnc3[nH]ccc3c2)c(C)c1C. The van der Waals surface area contributed by atoms with Crippen LogP contribution in [0.4, 0.5) is 5.69 Å². The molecule has 1 saturated heterocycles. The molecule has 0 aliphatic carbocycles. The van der Waals surface area contributed by atoms with E-state index in [1.165, 1.54) is 11.1 Å². The number of ether oxygens (including phenoxy) is 1. The van der Waals surface area contributed by atoms with Gasteiger partial charge in [-0.3, -0.25) is 9.69 Å². The zero-order valence-corrected chi connectivity index (χ0v) is 39.1. The molecule has 61 heavy (non-hydrogen) atoms. The highest BCUT2D eigenvalue weighted by atomic mass is 35.5. The van der Waals surface area contributed by atoms with Crippen LogP contribution >= 0.6 is 11.6 Å². The van der Waals surface area contributed by atoms with Crippen LogP contribution in [-0.4, -0.2) is 55.4 Å².